The molecule has 13 heteroatoms. The summed E-state index contributed by atoms with van der Waals surface area (Å²) in [5.41, 5.74) is 7.53. The van der Waals surface area contributed by atoms with Gasteiger partial charge in [-0.1, -0.05) is 243 Å². The van der Waals surface area contributed by atoms with E-state index >= 15 is 4.79 Å². The van der Waals surface area contributed by atoms with Crippen molar-refractivity contribution in [3.8, 4) is 0 Å². The second-order valence-corrected chi connectivity index (χ2v) is 20.3. The summed E-state index contributed by atoms with van der Waals surface area (Å²) in [7, 11) is 0. The molecule has 0 radical (unpaired) electrons. The van der Waals surface area contributed by atoms with Gasteiger partial charge < -0.3 is 52.1 Å². The number of carbonyl (C=O) groups excluding carboxylic acids is 1. The number of nitrogens with one attached hydrogen (secondary N) is 1. The van der Waals surface area contributed by atoms with Crippen LogP contribution in [0.5, 0.6) is 0 Å². The Morgan fingerprint density at radius 2 is 0.561 bits per heavy atom. The van der Waals surface area contributed by atoms with Gasteiger partial charge in [0.15, 0.2) is 6.23 Å². The van der Waals surface area contributed by atoms with Gasteiger partial charge in [-0.05, 0) is 44.5 Å². The fourth-order valence-electron chi connectivity index (χ4n) is 10.0. The number of ether oxygens (including phenoxy) is 11. The summed E-state index contributed by atoms with van der Waals surface area (Å²) < 4.78 is 74.9. The summed E-state index contributed by atoms with van der Waals surface area (Å²) in [4.78, 5) is 15.2. The van der Waals surface area contributed by atoms with Gasteiger partial charge in [0.1, 0.15) is 48.8 Å². The van der Waals surface area contributed by atoms with Crippen molar-refractivity contribution < 1.29 is 56.9 Å². The van der Waals surface area contributed by atoms with Gasteiger partial charge in [0, 0.05) is 0 Å². The maximum atomic E-state index is 15.2. The van der Waals surface area contributed by atoms with Gasteiger partial charge in [-0.3, -0.25) is 5.32 Å². The fraction of sp³-hybridized carbons (Fsp3) is 0.290. The average molecular weight is 1110 g/mol. The molecule has 0 spiro atoms. The predicted octanol–water partition coefficient (Wildman–Crippen LogP) is 12.1. The van der Waals surface area contributed by atoms with Gasteiger partial charge in [-0.25, -0.2) is 4.79 Å². The van der Waals surface area contributed by atoms with E-state index in [1.165, 1.54) is 0 Å². The van der Waals surface area contributed by atoms with Gasteiger partial charge in [0.2, 0.25) is 6.29 Å². The molecule has 0 aliphatic carbocycles. The van der Waals surface area contributed by atoms with E-state index in [4.69, 9.17) is 52.1 Å². The number of carbonyl (C=O) groups is 1. The lowest BCUT2D eigenvalue weighted by Gasteiger charge is -2.47. The summed E-state index contributed by atoms with van der Waals surface area (Å²) in [6.45, 7) is 1.91. The zero-order valence-corrected chi connectivity index (χ0v) is 45.8. The molecule has 13 nitrogen and oxygen atoms in total. The fourth-order valence-corrected chi connectivity index (χ4v) is 10.0. The van der Waals surface area contributed by atoms with Crippen LogP contribution in [0, 0.1) is 0 Å². The normalized spacial score (nSPS) is 22.5. The van der Waals surface area contributed by atoms with Crippen molar-refractivity contribution in [2.24, 2.45) is 0 Å². The molecule has 2 aliphatic heterocycles. The third kappa shape index (κ3) is 17.3. The molecule has 2 fully saturated rings. The molecule has 8 aromatic rings. The maximum absolute atomic E-state index is 15.2. The second kappa shape index (κ2) is 31.2. The average Bonchev–Trinajstić information content (AvgIpc) is 3.55. The third-order valence-corrected chi connectivity index (χ3v) is 14.2. The zero-order chi connectivity index (χ0) is 55.8. The minimum atomic E-state index is -1.37. The van der Waals surface area contributed by atoms with Crippen molar-refractivity contribution in [1.82, 2.24) is 5.32 Å². The molecule has 82 heavy (non-hydrogen) atoms. The van der Waals surface area contributed by atoms with Crippen LogP contribution in [0.25, 0.3) is 0 Å². The van der Waals surface area contributed by atoms with Gasteiger partial charge in [0.25, 0.3) is 0 Å². The van der Waals surface area contributed by atoms with E-state index in [1.54, 1.807) is 0 Å². The first-order valence-corrected chi connectivity index (χ1v) is 28.0. The van der Waals surface area contributed by atoms with Crippen molar-refractivity contribution in [2.75, 3.05) is 13.2 Å². The number of alkyl carbamates (subject to hydrolysis) is 1. The minimum Gasteiger partial charge on any atom is -0.417 e. The summed E-state index contributed by atoms with van der Waals surface area (Å²) in [5.74, 6) is 0. The molecule has 0 bridgehead atoms. The Kier molecular flexibility index (Phi) is 22.0. The lowest BCUT2D eigenvalue weighted by atomic mass is 9.96. The molecular formula is C69H71NO12. The molecule has 0 unspecified atom stereocenters. The Hall–Kier alpha value is -7.37. The second-order valence-electron chi connectivity index (χ2n) is 20.3. The van der Waals surface area contributed by atoms with Crippen LogP contribution < -0.4 is 5.32 Å². The topological polar surface area (TPSA) is 131 Å². The lowest BCUT2D eigenvalue weighted by Crippen LogP contribution is -2.66. The Morgan fingerprint density at radius 1 is 0.305 bits per heavy atom. The van der Waals surface area contributed by atoms with Crippen molar-refractivity contribution in [3.63, 3.8) is 0 Å². The van der Waals surface area contributed by atoms with E-state index in [9.17, 15) is 0 Å². The highest BCUT2D eigenvalue weighted by Crippen LogP contribution is 2.34. The zero-order valence-electron chi connectivity index (χ0n) is 45.8. The SMILES string of the molecule is O=C(N[C@H]1O[C@H](COCc2ccccc2)[C@@H](OCc2ccccc2)[C@H](OCc2ccccc2)[C@H]1OCc1ccccc1)O[C@@H]1O[C@H](COCc2ccccc2)[C@@H](OCc2ccccc2)[C@H](OCc2ccccc2)[C@H]1OCc1ccccc1. The Bertz CT molecular complexity index is 2820. The number of rotatable bonds is 28. The lowest BCUT2D eigenvalue weighted by molar-refractivity contribution is -0.317. The molecule has 8 aromatic carbocycles. The van der Waals surface area contributed by atoms with E-state index in [0.717, 1.165) is 44.5 Å². The first kappa shape index (κ1) is 57.8. The van der Waals surface area contributed by atoms with Crippen molar-refractivity contribution in [3.05, 3.63) is 287 Å². The highest BCUT2D eigenvalue weighted by Gasteiger charge is 2.52. The molecule has 424 valence electrons. The van der Waals surface area contributed by atoms with Crippen LogP contribution in [0.4, 0.5) is 4.79 Å². The van der Waals surface area contributed by atoms with E-state index in [-0.39, 0.29) is 52.9 Å². The highest BCUT2D eigenvalue weighted by molar-refractivity contribution is 5.67. The quantitative estimate of drug-likeness (QED) is 0.0501. The van der Waals surface area contributed by atoms with Crippen LogP contribution in [0.3, 0.4) is 0 Å². The van der Waals surface area contributed by atoms with Crippen LogP contribution in [0.15, 0.2) is 243 Å². The van der Waals surface area contributed by atoms with Crippen LogP contribution in [0.2, 0.25) is 0 Å². The Balaban J connectivity index is 0.984. The smallest absolute Gasteiger partial charge is 0.411 e. The van der Waals surface area contributed by atoms with Gasteiger partial charge in [0.05, 0.1) is 66.1 Å². The largest absolute Gasteiger partial charge is 0.417 e. The van der Waals surface area contributed by atoms with Crippen molar-refractivity contribution in [1.29, 1.82) is 0 Å². The van der Waals surface area contributed by atoms with Gasteiger partial charge >= 0.3 is 6.09 Å². The third-order valence-electron chi connectivity index (χ3n) is 14.2. The minimum absolute atomic E-state index is 0.0586. The summed E-state index contributed by atoms with van der Waals surface area (Å²) in [6, 6.07) is 79.0. The van der Waals surface area contributed by atoms with Crippen LogP contribution >= 0.6 is 0 Å². The number of amides is 1. The molecule has 1 N–H and O–H groups in total. The molecule has 2 heterocycles. The van der Waals surface area contributed by atoms with Crippen LogP contribution in [-0.4, -0.2) is 80.7 Å². The van der Waals surface area contributed by atoms with Crippen molar-refractivity contribution in [2.45, 2.75) is 114 Å². The maximum Gasteiger partial charge on any atom is 0.411 e. The number of hydrogen-bond donors (Lipinski definition) is 1. The number of hydrogen-bond acceptors (Lipinski definition) is 12. The van der Waals surface area contributed by atoms with Crippen LogP contribution in [-0.2, 0) is 105 Å². The Labute approximate surface area is 480 Å². The van der Waals surface area contributed by atoms with E-state index in [2.05, 4.69) is 5.32 Å². The highest BCUT2D eigenvalue weighted by atomic mass is 16.7. The first-order valence-electron chi connectivity index (χ1n) is 28.0. The summed E-state index contributed by atoms with van der Waals surface area (Å²) in [6.07, 6.45) is -10.2. The molecule has 10 rings (SSSR count). The molecule has 0 saturated carbocycles. The first-order chi connectivity index (χ1) is 40.6. The van der Waals surface area contributed by atoms with Gasteiger partial charge in [-0.2, -0.15) is 0 Å². The Morgan fingerprint density at radius 3 is 0.890 bits per heavy atom. The summed E-state index contributed by atoms with van der Waals surface area (Å²) >= 11 is 0. The molecular weight excluding hydrogens is 1030 g/mol. The molecule has 1 amide bonds. The standard InChI is InChI=1S/C69H71NO12/c71-69(70-67-65(78-47-57-37-21-7-22-38-57)63(76-45-55-33-17-5-18-34-55)61(74-43-53-29-13-3-14-30-53)59(80-67)49-72-41-51-25-9-1-10-26-51)82-68-66(79-48-58-39-23-8-24-40-58)64(77-46-56-35-19-6-20-36-56)62(75-44-54-31-15-4-16-32-54)60(81-68)50-73-42-52-27-11-2-12-28-52/h1-40,59-68H,41-50H2,(H,70,71)/t59-,60-,61-,62-,63+,64+,65-,66-,67+,68+/m1/s1. The van der Waals surface area contributed by atoms with Crippen LogP contribution in [0.1, 0.15) is 44.5 Å². The molecule has 0 aromatic heterocycles. The van der Waals surface area contributed by atoms with Gasteiger partial charge in [-0.15, -0.1) is 0 Å². The van der Waals surface area contributed by atoms with Crippen molar-refractivity contribution >= 4 is 6.09 Å². The molecule has 2 saturated heterocycles. The summed E-state index contributed by atoms with van der Waals surface area (Å²) in [5, 5.41) is 3.08. The van der Waals surface area contributed by atoms with E-state index < -0.39 is 67.4 Å². The number of benzene rings is 8. The molecule has 10 atom stereocenters. The van der Waals surface area contributed by atoms with E-state index in [0.29, 0.717) is 13.2 Å². The predicted molar refractivity (Wildman–Crippen MR) is 309 cm³/mol. The van der Waals surface area contributed by atoms with E-state index in [1.807, 2.05) is 243 Å². The molecule has 2 aliphatic rings. The monoisotopic (exact) mass is 1110 g/mol.